The number of aromatic nitrogens is 2. The van der Waals surface area contributed by atoms with Crippen molar-refractivity contribution in [1.29, 1.82) is 0 Å². The molecule has 0 aromatic carbocycles. The molecule has 1 heterocycles. The number of aryl methyl sites for hydroxylation is 1. The third kappa shape index (κ3) is 1.60. The number of hydrogen-bond acceptors (Lipinski definition) is 1. The maximum Gasteiger partial charge on any atom is 0.202 e. The first-order valence-corrected chi connectivity index (χ1v) is 3.48. The second kappa shape index (κ2) is 3.08. The van der Waals surface area contributed by atoms with Gasteiger partial charge in [0.2, 0.25) is 5.28 Å². The van der Waals surface area contributed by atoms with Crippen LogP contribution in [0.4, 0.5) is 0 Å². The highest BCUT2D eigenvalue weighted by Crippen LogP contribution is 2.03. The first-order valence-electron chi connectivity index (χ1n) is 2.57. The largest absolute Gasteiger partial charge is 0.321 e. The zero-order valence-electron chi connectivity index (χ0n) is 4.72. The number of rotatable bonds is 2. The average molecular weight is 165 g/mol. The third-order valence-corrected chi connectivity index (χ3v) is 1.47. The Hall–Kier alpha value is -0.210. The molecule has 0 atom stereocenters. The molecule has 0 saturated carbocycles. The molecule has 0 N–H and O–H groups in total. The molecule has 0 unspecified atom stereocenters. The predicted molar refractivity (Wildman–Crippen MR) is 38.0 cm³/mol. The summed E-state index contributed by atoms with van der Waals surface area (Å²) in [5.41, 5.74) is 0. The second-order valence-electron chi connectivity index (χ2n) is 1.58. The van der Waals surface area contributed by atoms with E-state index in [9.17, 15) is 0 Å². The van der Waals surface area contributed by atoms with Crippen molar-refractivity contribution >= 4 is 23.2 Å². The van der Waals surface area contributed by atoms with Gasteiger partial charge < -0.3 is 4.57 Å². The van der Waals surface area contributed by atoms with Crippen molar-refractivity contribution in [1.82, 2.24) is 9.55 Å². The fourth-order valence-electron chi connectivity index (χ4n) is 0.569. The van der Waals surface area contributed by atoms with E-state index in [0.29, 0.717) is 11.2 Å². The molecule has 4 heteroatoms. The maximum absolute atomic E-state index is 5.61. The molecule has 0 aliphatic carbocycles. The van der Waals surface area contributed by atoms with Crippen LogP contribution in [-0.2, 0) is 6.54 Å². The first kappa shape index (κ1) is 6.90. The van der Waals surface area contributed by atoms with Crippen LogP contribution < -0.4 is 0 Å². The Kier molecular flexibility index (Phi) is 2.37. The van der Waals surface area contributed by atoms with Gasteiger partial charge in [0.1, 0.15) is 0 Å². The Morgan fingerprint density at radius 1 is 1.67 bits per heavy atom. The maximum atomic E-state index is 5.61. The Morgan fingerprint density at radius 2 is 2.44 bits per heavy atom. The summed E-state index contributed by atoms with van der Waals surface area (Å²) in [6, 6.07) is 0. The Labute approximate surface area is 63.4 Å². The lowest BCUT2D eigenvalue weighted by molar-refractivity contribution is 0.768. The van der Waals surface area contributed by atoms with E-state index in [1.165, 1.54) is 0 Å². The van der Waals surface area contributed by atoms with E-state index >= 15 is 0 Å². The summed E-state index contributed by atoms with van der Waals surface area (Å²) in [5, 5.41) is 0.496. The Balaban J connectivity index is 2.69. The van der Waals surface area contributed by atoms with Gasteiger partial charge in [-0.1, -0.05) is 0 Å². The topological polar surface area (TPSA) is 17.8 Å². The average Bonchev–Trinajstić information content (AvgIpc) is 2.18. The molecule has 1 rings (SSSR count). The molecule has 2 nitrogen and oxygen atoms in total. The zero-order valence-corrected chi connectivity index (χ0v) is 6.23. The van der Waals surface area contributed by atoms with Crippen molar-refractivity contribution in [3.05, 3.63) is 17.7 Å². The molecular weight excluding hydrogens is 159 g/mol. The number of halogens is 2. The molecule has 0 amide bonds. The third-order valence-electron chi connectivity index (χ3n) is 0.990. The van der Waals surface area contributed by atoms with E-state index in [0.717, 1.165) is 6.54 Å². The van der Waals surface area contributed by atoms with Crippen LogP contribution in [0, 0.1) is 0 Å². The Morgan fingerprint density at radius 3 is 2.89 bits per heavy atom. The summed E-state index contributed by atoms with van der Waals surface area (Å²) in [7, 11) is 0. The van der Waals surface area contributed by atoms with Gasteiger partial charge in [-0.25, -0.2) is 4.98 Å². The molecule has 1 aromatic heterocycles. The highest BCUT2D eigenvalue weighted by molar-refractivity contribution is 6.28. The van der Waals surface area contributed by atoms with Crippen molar-refractivity contribution in [2.45, 2.75) is 6.54 Å². The summed E-state index contributed by atoms with van der Waals surface area (Å²) in [4.78, 5) is 3.80. The molecule has 0 aliphatic rings. The quantitative estimate of drug-likeness (QED) is 0.610. The van der Waals surface area contributed by atoms with E-state index in [2.05, 4.69) is 4.98 Å². The van der Waals surface area contributed by atoms with Gasteiger partial charge in [0.05, 0.1) is 0 Å². The molecule has 1 aromatic rings. The predicted octanol–water partition coefficient (Wildman–Crippen LogP) is 1.78. The van der Waals surface area contributed by atoms with Gasteiger partial charge in [0, 0.05) is 24.8 Å². The molecule has 0 saturated heterocycles. The summed E-state index contributed by atoms with van der Waals surface area (Å²) < 4.78 is 1.79. The van der Waals surface area contributed by atoms with Crippen molar-refractivity contribution in [3.8, 4) is 0 Å². The van der Waals surface area contributed by atoms with Crippen molar-refractivity contribution < 1.29 is 0 Å². The van der Waals surface area contributed by atoms with Gasteiger partial charge >= 0.3 is 0 Å². The van der Waals surface area contributed by atoms with Crippen LogP contribution in [0.3, 0.4) is 0 Å². The summed E-state index contributed by atoms with van der Waals surface area (Å²) in [6.07, 6.45) is 3.44. The van der Waals surface area contributed by atoms with Crippen molar-refractivity contribution in [3.63, 3.8) is 0 Å². The van der Waals surface area contributed by atoms with Gasteiger partial charge in [0.15, 0.2) is 0 Å². The number of hydrogen-bond donors (Lipinski definition) is 0. The summed E-state index contributed by atoms with van der Waals surface area (Å²) in [5.74, 6) is 0.566. The minimum atomic E-state index is 0.496. The first-order chi connectivity index (χ1) is 4.34. The van der Waals surface area contributed by atoms with Crippen molar-refractivity contribution in [2.24, 2.45) is 0 Å². The lowest BCUT2D eigenvalue weighted by Gasteiger charge is -1.96. The zero-order chi connectivity index (χ0) is 6.69. The second-order valence-corrected chi connectivity index (χ2v) is 2.29. The highest BCUT2D eigenvalue weighted by atomic mass is 35.5. The lowest BCUT2D eigenvalue weighted by atomic mass is 10.7. The van der Waals surface area contributed by atoms with Crippen LogP contribution in [0.1, 0.15) is 0 Å². The molecule has 50 valence electrons. The molecule has 0 radical (unpaired) electrons. The fraction of sp³-hybridized carbons (Fsp3) is 0.400. The molecule has 0 bridgehead atoms. The van der Waals surface area contributed by atoms with E-state index in [1.54, 1.807) is 17.0 Å². The normalized spacial score (nSPS) is 10.0. The number of alkyl halides is 1. The standard InChI is InChI=1S/C5H6Cl2N2/c6-1-3-9-4-2-8-5(9)7/h2,4H,1,3H2. The number of imidazole rings is 1. The van der Waals surface area contributed by atoms with E-state index in [4.69, 9.17) is 23.2 Å². The van der Waals surface area contributed by atoms with Gasteiger partial charge in [-0.2, -0.15) is 0 Å². The number of nitrogens with zero attached hydrogens (tertiary/aromatic N) is 2. The molecule has 0 spiro atoms. The monoisotopic (exact) mass is 164 g/mol. The molecule has 0 fully saturated rings. The van der Waals surface area contributed by atoms with Crippen LogP contribution in [0.15, 0.2) is 12.4 Å². The van der Waals surface area contributed by atoms with Crippen molar-refractivity contribution in [2.75, 3.05) is 5.88 Å². The lowest BCUT2D eigenvalue weighted by Crippen LogP contribution is -1.96. The van der Waals surface area contributed by atoms with Gasteiger partial charge in [-0.3, -0.25) is 0 Å². The highest BCUT2D eigenvalue weighted by Gasteiger charge is 1.94. The van der Waals surface area contributed by atoms with Crippen LogP contribution in [0.25, 0.3) is 0 Å². The smallest absolute Gasteiger partial charge is 0.202 e. The van der Waals surface area contributed by atoms with E-state index < -0.39 is 0 Å². The fourth-order valence-corrected chi connectivity index (χ4v) is 0.948. The SMILES string of the molecule is ClCCn1ccnc1Cl. The molecular formula is C5H6Cl2N2. The minimum absolute atomic E-state index is 0.496. The molecule has 0 aliphatic heterocycles. The Bertz CT molecular complexity index is 185. The van der Waals surface area contributed by atoms with Crippen LogP contribution >= 0.6 is 23.2 Å². The van der Waals surface area contributed by atoms with Crippen LogP contribution in [0.5, 0.6) is 0 Å². The van der Waals surface area contributed by atoms with E-state index in [1.807, 2.05) is 0 Å². The summed E-state index contributed by atoms with van der Waals surface area (Å²) in [6.45, 7) is 0.723. The summed E-state index contributed by atoms with van der Waals surface area (Å²) >= 11 is 11.1. The van der Waals surface area contributed by atoms with Gasteiger partial charge in [0.25, 0.3) is 0 Å². The van der Waals surface area contributed by atoms with Crippen LogP contribution in [0.2, 0.25) is 5.28 Å². The van der Waals surface area contributed by atoms with Crippen LogP contribution in [-0.4, -0.2) is 15.4 Å². The minimum Gasteiger partial charge on any atom is -0.321 e. The van der Waals surface area contributed by atoms with Gasteiger partial charge in [-0.05, 0) is 11.6 Å². The van der Waals surface area contributed by atoms with E-state index in [-0.39, 0.29) is 0 Å². The van der Waals surface area contributed by atoms with Gasteiger partial charge in [-0.15, -0.1) is 11.6 Å². The molecule has 9 heavy (non-hydrogen) atoms.